The highest BCUT2D eigenvalue weighted by Gasteiger charge is 2.40. The molecular formula is C29H25F2N3O4. The third-order valence-corrected chi connectivity index (χ3v) is 7.37. The van der Waals surface area contributed by atoms with Gasteiger partial charge in [0.05, 0.1) is 6.04 Å². The fourth-order valence-corrected chi connectivity index (χ4v) is 5.54. The van der Waals surface area contributed by atoms with E-state index in [1.807, 2.05) is 18.2 Å². The molecule has 3 aromatic carbocycles. The number of imide groups is 1. The highest BCUT2D eigenvalue weighted by Crippen LogP contribution is 2.35. The number of carbonyl (C=O) groups is 3. The summed E-state index contributed by atoms with van der Waals surface area (Å²) < 4.78 is 34.2. The Hall–Kier alpha value is -4.11. The first-order chi connectivity index (χ1) is 18.4. The second-order valence-electron chi connectivity index (χ2n) is 9.93. The second kappa shape index (κ2) is 9.64. The van der Waals surface area contributed by atoms with Crippen LogP contribution in [0.15, 0.2) is 66.7 Å². The van der Waals surface area contributed by atoms with E-state index in [0.29, 0.717) is 30.8 Å². The van der Waals surface area contributed by atoms with E-state index in [9.17, 15) is 23.2 Å². The van der Waals surface area contributed by atoms with E-state index < -0.39 is 11.9 Å². The zero-order valence-electron chi connectivity index (χ0n) is 20.4. The maximum absolute atomic E-state index is 14.0. The Morgan fingerprint density at radius 3 is 2.21 bits per heavy atom. The van der Waals surface area contributed by atoms with E-state index in [0.717, 1.165) is 16.7 Å². The van der Waals surface area contributed by atoms with Crippen molar-refractivity contribution in [2.24, 2.45) is 0 Å². The Balaban J connectivity index is 1.14. The minimum absolute atomic E-state index is 0.138. The molecular weight excluding hydrogens is 492 g/mol. The lowest BCUT2D eigenvalue weighted by molar-refractivity contribution is -0.136. The first-order valence-electron chi connectivity index (χ1n) is 12.5. The molecule has 0 spiro atoms. The lowest BCUT2D eigenvalue weighted by Crippen LogP contribution is -2.55. The van der Waals surface area contributed by atoms with E-state index in [2.05, 4.69) is 10.2 Å². The molecule has 1 unspecified atom stereocenters. The Morgan fingerprint density at radius 1 is 0.895 bits per heavy atom. The zero-order chi connectivity index (χ0) is 26.4. The van der Waals surface area contributed by atoms with Crippen molar-refractivity contribution >= 4 is 17.7 Å². The van der Waals surface area contributed by atoms with Gasteiger partial charge < -0.3 is 9.64 Å². The van der Waals surface area contributed by atoms with Crippen LogP contribution in [0.2, 0.25) is 0 Å². The van der Waals surface area contributed by atoms with Crippen LogP contribution in [0.5, 0.6) is 5.75 Å². The molecule has 2 fully saturated rings. The SMILES string of the molecule is O=C1CCC(N2Cc3cc(OC4CN(C(c5cccc(F)c5)c5cccc(F)c5)C4)ccc3C2=O)C(=O)N1. The molecule has 38 heavy (non-hydrogen) atoms. The molecule has 6 rings (SSSR count). The average Bonchev–Trinajstić information content (AvgIpc) is 3.18. The molecule has 0 saturated carbocycles. The molecule has 0 aromatic heterocycles. The number of nitrogens with one attached hydrogen (secondary N) is 1. The summed E-state index contributed by atoms with van der Waals surface area (Å²) in [7, 11) is 0. The number of benzene rings is 3. The fourth-order valence-electron chi connectivity index (χ4n) is 5.54. The van der Waals surface area contributed by atoms with Gasteiger partial charge in [0.1, 0.15) is 29.5 Å². The molecule has 1 N–H and O–H groups in total. The number of piperidine rings is 1. The topological polar surface area (TPSA) is 79.0 Å². The Kier molecular flexibility index (Phi) is 6.15. The largest absolute Gasteiger partial charge is 0.488 e. The van der Waals surface area contributed by atoms with Crippen LogP contribution >= 0.6 is 0 Å². The molecule has 7 nitrogen and oxygen atoms in total. The van der Waals surface area contributed by atoms with Crippen LogP contribution in [0, 0.1) is 11.6 Å². The number of likely N-dealkylation sites (tertiary alicyclic amines) is 1. The third-order valence-electron chi connectivity index (χ3n) is 7.37. The molecule has 3 aliphatic rings. The molecule has 194 valence electrons. The minimum Gasteiger partial charge on any atom is -0.488 e. The van der Waals surface area contributed by atoms with Crippen LogP contribution in [0.3, 0.4) is 0 Å². The maximum atomic E-state index is 14.0. The Labute approximate surface area is 218 Å². The lowest BCUT2D eigenvalue weighted by Gasteiger charge is -2.44. The molecule has 3 aromatic rings. The molecule has 9 heteroatoms. The molecule has 3 heterocycles. The van der Waals surface area contributed by atoms with Crippen LogP contribution in [0.25, 0.3) is 0 Å². The summed E-state index contributed by atoms with van der Waals surface area (Å²) in [4.78, 5) is 40.3. The summed E-state index contributed by atoms with van der Waals surface area (Å²) in [5, 5.41) is 2.31. The van der Waals surface area contributed by atoms with E-state index in [1.165, 1.54) is 29.2 Å². The molecule has 3 aliphatic heterocycles. The van der Waals surface area contributed by atoms with Crippen molar-refractivity contribution in [2.75, 3.05) is 13.1 Å². The van der Waals surface area contributed by atoms with Gasteiger partial charge in [-0.05, 0) is 65.6 Å². The highest BCUT2D eigenvalue weighted by molar-refractivity contribution is 6.05. The minimum atomic E-state index is -0.667. The standard InChI is InChI=1S/C29H25F2N3O4/c30-20-5-1-3-17(11-20)27(18-4-2-6-21(31)12-18)33-15-23(16-33)38-22-7-8-24-19(13-22)14-34(29(24)37)25-9-10-26(35)32-28(25)36/h1-8,11-13,23,25,27H,9-10,14-16H2,(H,32,35,36). The Bertz CT molecular complexity index is 1390. The first-order valence-corrected chi connectivity index (χ1v) is 12.5. The summed E-state index contributed by atoms with van der Waals surface area (Å²) in [5.41, 5.74) is 2.76. The van der Waals surface area contributed by atoms with Crippen molar-refractivity contribution in [3.63, 3.8) is 0 Å². The summed E-state index contributed by atoms with van der Waals surface area (Å²) in [6.07, 6.45) is 0.375. The van der Waals surface area contributed by atoms with Crippen molar-refractivity contribution in [3.8, 4) is 5.75 Å². The number of rotatable bonds is 6. The van der Waals surface area contributed by atoms with Gasteiger partial charge in [-0.15, -0.1) is 0 Å². The Morgan fingerprint density at radius 2 is 1.58 bits per heavy atom. The van der Waals surface area contributed by atoms with E-state index in [-0.39, 0.29) is 48.6 Å². The first kappa shape index (κ1) is 24.2. The highest BCUT2D eigenvalue weighted by atomic mass is 19.1. The van der Waals surface area contributed by atoms with Gasteiger partial charge in [0, 0.05) is 31.6 Å². The van der Waals surface area contributed by atoms with Crippen LogP contribution in [0.4, 0.5) is 8.78 Å². The fraction of sp³-hybridized carbons (Fsp3) is 0.276. The van der Waals surface area contributed by atoms with Gasteiger partial charge in [0.25, 0.3) is 5.91 Å². The molecule has 3 amide bonds. The van der Waals surface area contributed by atoms with Gasteiger partial charge in [0.15, 0.2) is 0 Å². The number of nitrogens with zero attached hydrogens (tertiary/aromatic N) is 2. The molecule has 1 atom stereocenters. The van der Waals surface area contributed by atoms with Crippen molar-refractivity contribution < 1.29 is 27.9 Å². The average molecular weight is 518 g/mol. The summed E-state index contributed by atoms with van der Waals surface area (Å²) in [5.74, 6) is -1.09. The molecule has 0 radical (unpaired) electrons. The predicted octanol–water partition coefficient (Wildman–Crippen LogP) is 3.58. The number of hydrogen-bond acceptors (Lipinski definition) is 5. The van der Waals surface area contributed by atoms with Gasteiger partial charge >= 0.3 is 0 Å². The number of amides is 3. The maximum Gasteiger partial charge on any atom is 0.255 e. The molecule has 2 saturated heterocycles. The quantitative estimate of drug-likeness (QED) is 0.506. The smallest absolute Gasteiger partial charge is 0.255 e. The monoisotopic (exact) mass is 517 g/mol. The van der Waals surface area contributed by atoms with Crippen LogP contribution < -0.4 is 10.1 Å². The third kappa shape index (κ3) is 4.54. The number of ether oxygens (including phenoxy) is 1. The lowest BCUT2D eigenvalue weighted by atomic mass is 9.93. The van der Waals surface area contributed by atoms with E-state index >= 15 is 0 Å². The van der Waals surface area contributed by atoms with Crippen molar-refractivity contribution in [1.29, 1.82) is 0 Å². The van der Waals surface area contributed by atoms with Crippen molar-refractivity contribution in [1.82, 2.24) is 15.1 Å². The van der Waals surface area contributed by atoms with Crippen molar-refractivity contribution in [2.45, 2.75) is 37.6 Å². The summed E-state index contributed by atoms with van der Waals surface area (Å²) >= 11 is 0. The molecule has 0 aliphatic carbocycles. The van der Waals surface area contributed by atoms with Gasteiger partial charge in [-0.2, -0.15) is 0 Å². The zero-order valence-corrected chi connectivity index (χ0v) is 20.4. The number of carbonyl (C=O) groups excluding carboxylic acids is 3. The van der Waals surface area contributed by atoms with Crippen LogP contribution in [0.1, 0.15) is 45.9 Å². The van der Waals surface area contributed by atoms with Crippen LogP contribution in [-0.4, -0.2) is 52.8 Å². The van der Waals surface area contributed by atoms with Crippen LogP contribution in [-0.2, 0) is 16.1 Å². The second-order valence-corrected chi connectivity index (χ2v) is 9.93. The van der Waals surface area contributed by atoms with E-state index in [1.54, 1.807) is 24.3 Å². The normalized spacial score (nSPS) is 19.9. The van der Waals surface area contributed by atoms with Gasteiger partial charge in [0.2, 0.25) is 11.8 Å². The van der Waals surface area contributed by atoms with Gasteiger partial charge in [-0.1, -0.05) is 24.3 Å². The van der Waals surface area contributed by atoms with E-state index in [4.69, 9.17) is 4.74 Å². The number of fused-ring (bicyclic) bond motifs is 1. The van der Waals surface area contributed by atoms with Gasteiger partial charge in [-0.3, -0.25) is 24.6 Å². The van der Waals surface area contributed by atoms with Crippen molar-refractivity contribution in [3.05, 3.63) is 101 Å². The predicted molar refractivity (Wildman–Crippen MR) is 133 cm³/mol. The van der Waals surface area contributed by atoms with Gasteiger partial charge in [-0.25, -0.2) is 8.78 Å². The number of halogens is 2. The molecule has 0 bridgehead atoms. The summed E-state index contributed by atoms with van der Waals surface area (Å²) in [6.45, 7) is 1.38. The summed E-state index contributed by atoms with van der Waals surface area (Å²) in [6, 6.07) is 16.9. The number of hydrogen-bond donors (Lipinski definition) is 1.